The topological polar surface area (TPSA) is 42.9 Å². The van der Waals surface area contributed by atoms with Gasteiger partial charge in [0.2, 0.25) is 0 Å². The largest absolute Gasteiger partial charge is 0.296 e. The van der Waals surface area contributed by atoms with E-state index in [-0.39, 0.29) is 0 Å². The van der Waals surface area contributed by atoms with Crippen molar-refractivity contribution in [2.75, 3.05) is 0 Å². The minimum Gasteiger partial charge on any atom is -0.296 e. The van der Waals surface area contributed by atoms with Crippen LogP contribution in [-0.2, 0) is 6.42 Å². The van der Waals surface area contributed by atoms with Crippen LogP contribution in [0.2, 0.25) is 5.15 Å². The molecule has 3 nitrogen and oxygen atoms in total. The van der Waals surface area contributed by atoms with Crippen molar-refractivity contribution in [1.29, 1.82) is 0 Å². The van der Waals surface area contributed by atoms with Crippen LogP contribution in [0.1, 0.15) is 22.3 Å². The van der Waals surface area contributed by atoms with E-state index in [0.29, 0.717) is 16.5 Å². The Morgan fingerprint density at radius 1 is 1.44 bits per heavy atom. The molecule has 0 atom stereocenters. The number of pyridine rings is 1. The molecule has 0 saturated heterocycles. The second-order valence-corrected chi connectivity index (χ2v) is 4.62. The van der Waals surface area contributed by atoms with Gasteiger partial charge < -0.3 is 0 Å². The lowest BCUT2D eigenvalue weighted by molar-refractivity contribution is 0.111. The molecule has 5 heteroatoms. The van der Waals surface area contributed by atoms with Crippen molar-refractivity contribution in [1.82, 2.24) is 9.97 Å². The number of aromatic nitrogens is 2. The number of carbonyl (C=O) groups excluding carboxylic acids is 1. The molecular weight excluding hydrogens is 244 g/mol. The summed E-state index contributed by atoms with van der Waals surface area (Å²) in [5.74, 6) is 0. The number of hydrogen-bond acceptors (Lipinski definition) is 4. The molecule has 2 heterocycles. The standard InChI is InChI=1S/C11H9ClN2OS/c1-2-9-8(6-15)14-11(16-9)7-4-3-5-10(12)13-7/h3-6H,2H2,1H3. The first kappa shape index (κ1) is 11.2. The monoisotopic (exact) mass is 252 g/mol. The summed E-state index contributed by atoms with van der Waals surface area (Å²) in [6.45, 7) is 2.00. The zero-order valence-electron chi connectivity index (χ0n) is 8.61. The highest BCUT2D eigenvalue weighted by Crippen LogP contribution is 2.27. The van der Waals surface area contributed by atoms with Crippen LogP contribution in [0.5, 0.6) is 0 Å². The van der Waals surface area contributed by atoms with E-state index in [1.54, 1.807) is 6.07 Å². The first-order valence-corrected chi connectivity index (χ1v) is 6.02. The predicted molar refractivity (Wildman–Crippen MR) is 65.1 cm³/mol. The minimum atomic E-state index is 0.429. The lowest BCUT2D eigenvalue weighted by atomic mass is 10.3. The lowest BCUT2D eigenvalue weighted by Crippen LogP contribution is -1.86. The zero-order chi connectivity index (χ0) is 11.5. The van der Waals surface area contributed by atoms with Gasteiger partial charge in [-0.3, -0.25) is 4.79 Å². The minimum absolute atomic E-state index is 0.429. The summed E-state index contributed by atoms with van der Waals surface area (Å²) in [6.07, 6.45) is 1.58. The van der Waals surface area contributed by atoms with Crippen molar-refractivity contribution >= 4 is 29.2 Å². The highest BCUT2D eigenvalue weighted by Gasteiger charge is 2.11. The lowest BCUT2D eigenvalue weighted by Gasteiger charge is -1.94. The Morgan fingerprint density at radius 2 is 2.25 bits per heavy atom. The molecule has 0 N–H and O–H groups in total. The number of thiazole rings is 1. The van der Waals surface area contributed by atoms with Gasteiger partial charge in [-0.05, 0) is 18.6 Å². The third-order valence-corrected chi connectivity index (χ3v) is 3.54. The molecule has 2 aromatic rings. The fraction of sp³-hybridized carbons (Fsp3) is 0.182. The van der Waals surface area contributed by atoms with E-state index in [1.165, 1.54) is 11.3 Å². The van der Waals surface area contributed by atoms with E-state index in [2.05, 4.69) is 9.97 Å². The van der Waals surface area contributed by atoms with Crippen LogP contribution in [0, 0.1) is 0 Å². The van der Waals surface area contributed by atoms with Gasteiger partial charge in [0, 0.05) is 4.88 Å². The van der Waals surface area contributed by atoms with Gasteiger partial charge in [0.25, 0.3) is 0 Å². The number of hydrogen-bond donors (Lipinski definition) is 0. The number of halogens is 1. The van der Waals surface area contributed by atoms with Gasteiger partial charge in [0.1, 0.15) is 21.5 Å². The van der Waals surface area contributed by atoms with E-state index < -0.39 is 0 Å². The van der Waals surface area contributed by atoms with Crippen LogP contribution in [-0.4, -0.2) is 16.3 Å². The van der Waals surface area contributed by atoms with E-state index >= 15 is 0 Å². The molecule has 0 saturated carbocycles. The number of rotatable bonds is 3. The first-order chi connectivity index (χ1) is 7.74. The maximum atomic E-state index is 10.8. The smallest absolute Gasteiger partial charge is 0.169 e. The normalized spacial score (nSPS) is 10.4. The van der Waals surface area contributed by atoms with Crippen LogP contribution in [0.4, 0.5) is 0 Å². The fourth-order valence-electron chi connectivity index (χ4n) is 1.35. The highest BCUT2D eigenvalue weighted by atomic mass is 35.5. The summed E-state index contributed by atoms with van der Waals surface area (Å²) in [7, 11) is 0. The molecule has 0 radical (unpaired) electrons. The van der Waals surface area contributed by atoms with Gasteiger partial charge in [-0.2, -0.15) is 0 Å². The Hall–Kier alpha value is -1.26. The molecule has 0 fully saturated rings. The maximum absolute atomic E-state index is 10.8. The highest BCUT2D eigenvalue weighted by molar-refractivity contribution is 7.15. The summed E-state index contributed by atoms with van der Waals surface area (Å²) < 4.78 is 0. The van der Waals surface area contributed by atoms with Crippen molar-refractivity contribution in [3.63, 3.8) is 0 Å². The van der Waals surface area contributed by atoms with Crippen LogP contribution in [0.3, 0.4) is 0 Å². The molecule has 0 aliphatic rings. The van der Waals surface area contributed by atoms with Crippen LogP contribution in [0.15, 0.2) is 18.2 Å². The van der Waals surface area contributed by atoms with Crippen molar-refractivity contribution in [2.45, 2.75) is 13.3 Å². The molecule has 0 spiro atoms. The molecule has 16 heavy (non-hydrogen) atoms. The number of carbonyl (C=O) groups is 1. The SMILES string of the molecule is CCc1sc(-c2cccc(Cl)n2)nc1C=O. The van der Waals surface area contributed by atoms with Crippen molar-refractivity contribution in [2.24, 2.45) is 0 Å². The molecule has 0 aromatic carbocycles. The maximum Gasteiger partial charge on any atom is 0.169 e. The van der Waals surface area contributed by atoms with Gasteiger partial charge in [0.15, 0.2) is 6.29 Å². The van der Waals surface area contributed by atoms with Gasteiger partial charge in [0.05, 0.1) is 0 Å². The molecule has 0 aliphatic heterocycles. The van der Waals surface area contributed by atoms with Crippen LogP contribution < -0.4 is 0 Å². The van der Waals surface area contributed by atoms with E-state index in [4.69, 9.17) is 11.6 Å². The quantitative estimate of drug-likeness (QED) is 0.622. The second kappa shape index (κ2) is 4.72. The molecule has 2 aromatic heterocycles. The molecule has 0 bridgehead atoms. The first-order valence-electron chi connectivity index (χ1n) is 4.82. The molecule has 0 amide bonds. The van der Waals surface area contributed by atoms with Crippen molar-refractivity contribution in [3.05, 3.63) is 33.9 Å². The summed E-state index contributed by atoms with van der Waals surface area (Å²) in [5, 5.41) is 1.17. The zero-order valence-corrected chi connectivity index (χ0v) is 10.2. The number of aryl methyl sites for hydroxylation is 1. The van der Waals surface area contributed by atoms with E-state index in [1.807, 2.05) is 19.1 Å². The van der Waals surface area contributed by atoms with Gasteiger partial charge in [-0.15, -0.1) is 11.3 Å². The van der Waals surface area contributed by atoms with Gasteiger partial charge in [-0.1, -0.05) is 24.6 Å². The Labute approximate surface area is 102 Å². The van der Waals surface area contributed by atoms with E-state index in [9.17, 15) is 4.79 Å². The Kier molecular flexibility index (Phi) is 3.31. The number of nitrogens with zero attached hydrogens (tertiary/aromatic N) is 2. The van der Waals surface area contributed by atoms with Crippen molar-refractivity contribution < 1.29 is 4.79 Å². The Balaban J connectivity index is 2.48. The fourth-order valence-corrected chi connectivity index (χ4v) is 2.45. The van der Waals surface area contributed by atoms with Crippen molar-refractivity contribution in [3.8, 4) is 10.7 Å². The molecule has 82 valence electrons. The van der Waals surface area contributed by atoms with Crippen LogP contribution >= 0.6 is 22.9 Å². The average molecular weight is 253 g/mol. The number of aldehydes is 1. The summed E-state index contributed by atoms with van der Waals surface area (Å²) >= 11 is 7.29. The molecule has 0 aliphatic carbocycles. The Morgan fingerprint density at radius 3 is 2.81 bits per heavy atom. The third-order valence-electron chi connectivity index (χ3n) is 2.09. The van der Waals surface area contributed by atoms with Crippen LogP contribution in [0.25, 0.3) is 10.7 Å². The van der Waals surface area contributed by atoms with Gasteiger partial charge >= 0.3 is 0 Å². The summed E-state index contributed by atoms with van der Waals surface area (Å²) in [6, 6.07) is 5.36. The predicted octanol–water partition coefficient (Wildman–Crippen LogP) is 3.23. The van der Waals surface area contributed by atoms with E-state index in [0.717, 1.165) is 22.6 Å². The summed E-state index contributed by atoms with van der Waals surface area (Å²) in [5.41, 5.74) is 1.21. The summed E-state index contributed by atoms with van der Waals surface area (Å²) in [4.78, 5) is 20.2. The Bertz CT molecular complexity index is 524. The molecular formula is C11H9ClN2OS. The van der Waals surface area contributed by atoms with Gasteiger partial charge in [-0.25, -0.2) is 9.97 Å². The second-order valence-electron chi connectivity index (χ2n) is 3.14. The third kappa shape index (κ3) is 2.13. The molecule has 2 rings (SSSR count). The molecule has 0 unspecified atom stereocenters. The average Bonchev–Trinajstić information content (AvgIpc) is 2.72.